The van der Waals surface area contributed by atoms with Gasteiger partial charge in [-0.1, -0.05) is 185 Å². The molecule has 0 aromatic heterocycles. The Balaban J connectivity index is 1.64. The summed E-state index contributed by atoms with van der Waals surface area (Å²) in [5.74, 6) is 0. The monoisotopic (exact) mass is 442 g/mol. The van der Waals surface area contributed by atoms with E-state index < -0.39 is 0 Å². The lowest BCUT2D eigenvalue weighted by Crippen LogP contribution is -1.86. The normalized spacial score (nSPS) is 11.3. The Kier molecular flexibility index (Phi) is 22.7. The summed E-state index contributed by atoms with van der Waals surface area (Å²) in [4.78, 5) is 0. The Morgan fingerprint density at radius 2 is 0.625 bits per heavy atom. The smallest absolute Gasteiger partial charge is 0.0279 e. The third-order valence-electron chi connectivity index (χ3n) is 7.16. The summed E-state index contributed by atoms with van der Waals surface area (Å²) in [7, 11) is 0. The van der Waals surface area contributed by atoms with Gasteiger partial charge in [0.1, 0.15) is 0 Å². The van der Waals surface area contributed by atoms with Gasteiger partial charge in [-0.2, -0.15) is 0 Å². The van der Waals surface area contributed by atoms with Gasteiger partial charge in [-0.05, 0) is 18.4 Å². The van der Waals surface area contributed by atoms with Crippen molar-refractivity contribution >= 4 is 0 Å². The van der Waals surface area contributed by atoms with Gasteiger partial charge in [0.2, 0.25) is 0 Å². The van der Waals surface area contributed by atoms with Crippen molar-refractivity contribution in [3.63, 3.8) is 0 Å². The number of benzene rings is 1. The van der Waals surface area contributed by atoms with Crippen LogP contribution in [-0.2, 0) is 6.42 Å². The number of hydrogen-bond donors (Lipinski definition) is 0. The molecule has 0 heterocycles. The maximum absolute atomic E-state index is 2.30. The van der Waals surface area contributed by atoms with Crippen LogP contribution in [0.2, 0.25) is 0 Å². The minimum absolute atomic E-state index is 1.26. The van der Waals surface area contributed by atoms with Crippen LogP contribution in [0.3, 0.4) is 0 Å². The second kappa shape index (κ2) is 24.9. The van der Waals surface area contributed by atoms with Crippen LogP contribution in [0.5, 0.6) is 0 Å². The molecule has 1 aromatic rings. The number of unbranched alkanes of at least 4 members (excludes halogenated alkanes) is 23. The highest BCUT2D eigenvalue weighted by Crippen LogP contribution is 2.16. The molecule has 0 aliphatic carbocycles. The zero-order valence-corrected chi connectivity index (χ0v) is 22.1. The largest absolute Gasteiger partial charge is 0.0654 e. The Labute approximate surface area is 203 Å². The van der Waals surface area contributed by atoms with Crippen LogP contribution in [0.25, 0.3) is 0 Å². The molecule has 0 bridgehead atoms. The molecule has 0 nitrogen and oxygen atoms in total. The van der Waals surface area contributed by atoms with E-state index in [0.29, 0.717) is 0 Å². The average Bonchev–Trinajstić information content (AvgIpc) is 2.82. The van der Waals surface area contributed by atoms with Crippen LogP contribution >= 0.6 is 0 Å². The molecule has 1 aromatic carbocycles. The van der Waals surface area contributed by atoms with E-state index in [4.69, 9.17) is 0 Å². The first-order valence-corrected chi connectivity index (χ1v) is 15.0. The summed E-state index contributed by atoms with van der Waals surface area (Å²) in [5, 5.41) is 0. The molecule has 0 atom stereocenters. The summed E-state index contributed by atoms with van der Waals surface area (Å²) in [5.41, 5.74) is 1.51. The minimum Gasteiger partial charge on any atom is -0.0654 e. The molecule has 0 radical (unpaired) electrons. The van der Waals surface area contributed by atoms with Crippen LogP contribution in [0.4, 0.5) is 0 Å². The molecular formula is C32H58. The first-order chi connectivity index (χ1) is 15.9. The Bertz CT molecular complexity index is 448. The van der Waals surface area contributed by atoms with Gasteiger partial charge in [0, 0.05) is 0 Å². The summed E-state index contributed by atoms with van der Waals surface area (Å²) in [6, 6.07) is 11.0. The van der Waals surface area contributed by atoms with Crippen molar-refractivity contribution in [1.82, 2.24) is 0 Å². The maximum atomic E-state index is 2.30. The molecule has 0 amide bonds. The molecule has 0 N–H and O–H groups in total. The molecule has 1 rings (SSSR count). The van der Waals surface area contributed by atoms with Gasteiger partial charge in [0.15, 0.2) is 0 Å². The van der Waals surface area contributed by atoms with Gasteiger partial charge in [0.05, 0.1) is 0 Å². The summed E-state index contributed by atoms with van der Waals surface area (Å²) in [6.07, 6.45) is 36.4. The standard InChI is InChI=1S/C32H58/c1-2-3-4-5-6-7-8-9-10-11-12-13-14-15-16-17-18-19-20-21-22-23-24-26-29-32-30-27-25-28-31-32/h25,27-28,30-31H,2-24,26,29H2,1H3. The number of hydrogen-bond acceptors (Lipinski definition) is 0. The topological polar surface area (TPSA) is 0 Å². The van der Waals surface area contributed by atoms with Gasteiger partial charge < -0.3 is 0 Å². The fraction of sp³-hybridized carbons (Fsp3) is 0.812. The van der Waals surface area contributed by atoms with E-state index in [9.17, 15) is 0 Å². The first-order valence-electron chi connectivity index (χ1n) is 15.0. The third kappa shape index (κ3) is 21.1. The van der Waals surface area contributed by atoms with Crippen molar-refractivity contribution in [3.8, 4) is 0 Å². The number of aryl methyl sites for hydroxylation is 1. The maximum Gasteiger partial charge on any atom is -0.0279 e. The van der Waals surface area contributed by atoms with Crippen molar-refractivity contribution in [2.75, 3.05) is 0 Å². The Hall–Kier alpha value is -0.780. The lowest BCUT2D eigenvalue weighted by molar-refractivity contribution is 0.517. The first kappa shape index (κ1) is 29.3. The van der Waals surface area contributed by atoms with Gasteiger partial charge >= 0.3 is 0 Å². The van der Waals surface area contributed by atoms with Crippen molar-refractivity contribution in [3.05, 3.63) is 35.9 Å². The molecular weight excluding hydrogens is 384 g/mol. The van der Waals surface area contributed by atoms with Crippen LogP contribution in [-0.4, -0.2) is 0 Å². The van der Waals surface area contributed by atoms with Crippen LogP contribution in [0.1, 0.15) is 167 Å². The molecule has 0 saturated heterocycles. The molecule has 186 valence electrons. The SMILES string of the molecule is CCCCCCCCCCCCCCCCCCCCCCCCCCc1ccccc1. The molecule has 0 unspecified atom stereocenters. The van der Waals surface area contributed by atoms with Gasteiger partial charge in [-0.3, -0.25) is 0 Å². The van der Waals surface area contributed by atoms with E-state index in [1.165, 1.54) is 166 Å². The van der Waals surface area contributed by atoms with E-state index in [2.05, 4.69) is 37.3 Å². The molecule has 0 saturated carbocycles. The average molecular weight is 443 g/mol. The predicted molar refractivity (Wildman–Crippen MR) is 147 cm³/mol. The molecule has 0 aliphatic rings. The van der Waals surface area contributed by atoms with Crippen molar-refractivity contribution in [2.45, 2.75) is 167 Å². The van der Waals surface area contributed by atoms with E-state index >= 15 is 0 Å². The summed E-state index contributed by atoms with van der Waals surface area (Å²) in [6.45, 7) is 2.30. The van der Waals surface area contributed by atoms with Crippen molar-refractivity contribution in [2.24, 2.45) is 0 Å². The van der Waals surface area contributed by atoms with Crippen LogP contribution < -0.4 is 0 Å². The highest BCUT2D eigenvalue weighted by Gasteiger charge is 1.96. The Morgan fingerprint density at radius 1 is 0.344 bits per heavy atom. The zero-order valence-electron chi connectivity index (χ0n) is 22.1. The lowest BCUT2D eigenvalue weighted by atomic mass is 10.0. The van der Waals surface area contributed by atoms with E-state index in [0.717, 1.165) is 0 Å². The second-order valence-corrected chi connectivity index (χ2v) is 10.4. The van der Waals surface area contributed by atoms with E-state index in [1.807, 2.05) is 0 Å². The van der Waals surface area contributed by atoms with Crippen LogP contribution in [0, 0.1) is 0 Å². The highest BCUT2D eigenvalue weighted by molar-refractivity contribution is 5.14. The minimum atomic E-state index is 1.26. The Morgan fingerprint density at radius 3 is 0.938 bits per heavy atom. The molecule has 0 heteroatoms. The molecule has 32 heavy (non-hydrogen) atoms. The van der Waals surface area contributed by atoms with E-state index in [1.54, 1.807) is 0 Å². The second-order valence-electron chi connectivity index (χ2n) is 10.4. The summed E-state index contributed by atoms with van der Waals surface area (Å²) < 4.78 is 0. The molecule has 0 fully saturated rings. The highest BCUT2D eigenvalue weighted by atomic mass is 14.0. The molecule has 0 aliphatic heterocycles. The zero-order chi connectivity index (χ0) is 22.8. The summed E-state index contributed by atoms with van der Waals surface area (Å²) >= 11 is 0. The lowest BCUT2D eigenvalue weighted by Gasteiger charge is -2.04. The van der Waals surface area contributed by atoms with Gasteiger partial charge in [-0.15, -0.1) is 0 Å². The molecule has 0 spiro atoms. The number of rotatable bonds is 25. The fourth-order valence-electron chi connectivity index (χ4n) is 4.94. The van der Waals surface area contributed by atoms with Gasteiger partial charge in [0.25, 0.3) is 0 Å². The van der Waals surface area contributed by atoms with Crippen molar-refractivity contribution in [1.29, 1.82) is 0 Å². The van der Waals surface area contributed by atoms with E-state index in [-0.39, 0.29) is 0 Å². The van der Waals surface area contributed by atoms with Gasteiger partial charge in [-0.25, -0.2) is 0 Å². The fourth-order valence-corrected chi connectivity index (χ4v) is 4.94. The van der Waals surface area contributed by atoms with Crippen molar-refractivity contribution < 1.29 is 0 Å². The predicted octanol–water partition coefficient (Wildman–Crippen LogP) is 11.6. The quantitative estimate of drug-likeness (QED) is 0.132. The third-order valence-corrected chi connectivity index (χ3v) is 7.16. The van der Waals surface area contributed by atoms with Crippen LogP contribution in [0.15, 0.2) is 30.3 Å².